The van der Waals surface area contributed by atoms with Gasteiger partial charge in [0.05, 0.1) is 5.54 Å². The molecule has 2 saturated carbocycles. The van der Waals surface area contributed by atoms with Crippen molar-refractivity contribution in [2.45, 2.75) is 77.6 Å². The molecule has 53 heavy (non-hydrogen) atoms. The maximum Gasteiger partial charge on any atom is 0.422 e. The number of carboxylic acid groups (broad SMARTS) is 1. The Labute approximate surface area is 308 Å². The van der Waals surface area contributed by atoms with Gasteiger partial charge in [-0.3, -0.25) is 14.4 Å². The summed E-state index contributed by atoms with van der Waals surface area (Å²) in [5, 5.41) is 21.1. The van der Waals surface area contributed by atoms with Crippen LogP contribution in [-0.2, 0) is 19.9 Å². The fraction of sp³-hybridized carbons (Fsp3) is 0.472. The van der Waals surface area contributed by atoms with Crippen LogP contribution in [-0.4, -0.2) is 69.0 Å². The summed E-state index contributed by atoms with van der Waals surface area (Å²) in [6.07, 6.45) is -2.71. The minimum Gasteiger partial charge on any atom is -0.480 e. The number of ketones is 1. The van der Waals surface area contributed by atoms with E-state index in [2.05, 4.69) is 63.9 Å². The predicted molar refractivity (Wildman–Crippen MR) is 189 cm³/mol. The molecule has 1 aromatic heterocycles. The number of alkyl halides is 3. The van der Waals surface area contributed by atoms with Gasteiger partial charge in [-0.05, 0) is 84.4 Å². The fourth-order valence-corrected chi connectivity index (χ4v) is 6.60. The van der Waals surface area contributed by atoms with Crippen LogP contribution in [0.2, 0.25) is 5.02 Å². The van der Waals surface area contributed by atoms with Crippen molar-refractivity contribution in [2.24, 2.45) is 16.7 Å². The molecule has 284 valence electrons. The molecule has 1 heterocycles. The zero-order valence-electron chi connectivity index (χ0n) is 29.6. The lowest BCUT2D eigenvalue weighted by molar-refractivity contribution is -0.154. The molecule has 17 heteroatoms. The first kappa shape index (κ1) is 39.2. The monoisotopic (exact) mass is 759 g/mol. The average Bonchev–Trinajstić information content (AvgIpc) is 3.94. The number of aliphatic carboxylic acids is 1. The van der Waals surface area contributed by atoms with Gasteiger partial charge >= 0.3 is 18.2 Å². The number of Topliss-reactive ketones (excluding diaryl/α,β-unsaturated/α-hetero) is 1. The summed E-state index contributed by atoms with van der Waals surface area (Å²) in [5.74, 6) is -3.27. The van der Waals surface area contributed by atoms with Crippen LogP contribution in [0, 0.1) is 16.7 Å². The second kappa shape index (κ2) is 15.2. The maximum absolute atomic E-state index is 12.9. The van der Waals surface area contributed by atoms with E-state index >= 15 is 0 Å². The van der Waals surface area contributed by atoms with Crippen molar-refractivity contribution < 1.29 is 42.2 Å². The van der Waals surface area contributed by atoms with Gasteiger partial charge in [0.25, 0.3) is 11.8 Å². The van der Waals surface area contributed by atoms with Gasteiger partial charge < -0.3 is 31.1 Å². The number of carbonyl (C=O) groups is 4. The molecule has 2 aliphatic rings. The largest absolute Gasteiger partial charge is 0.480 e. The van der Waals surface area contributed by atoms with Crippen molar-refractivity contribution in [3.63, 3.8) is 0 Å². The molecule has 5 N–H and O–H groups in total. The quantitative estimate of drug-likeness (QED) is 0.101. The van der Waals surface area contributed by atoms with Gasteiger partial charge in [0.15, 0.2) is 6.61 Å². The van der Waals surface area contributed by atoms with Crippen molar-refractivity contribution in [3.05, 3.63) is 64.7 Å². The molecule has 0 bridgehead atoms. The van der Waals surface area contributed by atoms with Gasteiger partial charge in [-0.15, -0.1) is 0 Å². The summed E-state index contributed by atoms with van der Waals surface area (Å²) in [6, 6.07) is 10.9. The van der Waals surface area contributed by atoms with Crippen LogP contribution in [0.1, 0.15) is 75.7 Å². The highest BCUT2D eigenvalue weighted by Gasteiger charge is 2.63. The molecular formula is C36H41ClF3N7O6. The molecule has 0 radical (unpaired) electrons. The number of anilines is 3. The molecular weight excluding hydrogens is 719 g/mol. The lowest BCUT2D eigenvalue weighted by Gasteiger charge is -2.19. The number of amides is 2. The minimum absolute atomic E-state index is 0.0327. The first-order chi connectivity index (χ1) is 24.8. The van der Waals surface area contributed by atoms with Gasteiger partial charge in [0, 0.05) is 29.2 Å². The average molecular weight is 760 g/mol. The van der Waals surface area contributed by atoms with Crippen LogP contribution in [0.3, 0.4) is 0 Å². The van der Waals surface area contributed by atoms with Crippen LogP contribution < -0.4 is 26.0 Å². The van der Waals surface area contributed by atoms with E-state index in [0.29, 0.717) is 35.9 Å². The SMILES string of the molecule is CC1(C)C(CCC(=O)C(=O)NCC[C@@H](NC(=O)c2ccc(Nc3nc(NC4(c5ccc(Cl)cc5)CC4)nc(OCC(F)(F)F)n3)cc2)C(=O)O)C1(C)C. The Bertz CT molecular complexity index is 1840. The summed E-state index contributed by atoms with van der Waals surface area (Å²) >= 11 is 6.02. The molecule has 0 aliphatic heterocycles. The van der Waals surface area contributed by atoms with E-state index in [9.17, 15) is 37.5 Å². The predicted octanol–water partition coefficient (Wildman–Crippen LogP) is 6.03. The number of aromatic nitrogens is 3. The van der Waals surface area contributed by atoms with Gasteiger partial charge in [-0.2, -0.15) is 28.1 Å². The number of ether oxygens (including phenoxy) is 1. The standard InChI is InChI=1S/C36H41ClF3N7O6/c1-33(2)26(34(33,3)4)14-13-25(48)28(50)41-18-15-24(29(51)52)43-27(49)20-5-11-23(12-6-20)42-30-44-31(46-32(45-30)53-19-36(38,39)40)47-35(16-17-35)21-7-9-22(37)10-8-21/h5-12,24,26H,13-19H2,1-4H3,(H,41,50)(H,43,49)(H,51,52)(H2,42,44,45,46,47)/t24-/m1/s1. The Morgan fingerprint density at radius 3 is 2.13 bits per heavy atom. The summed E-state index contributed by atoms with van der Waals surface area (Å²) in [4.78, 5) is 61.8. The number of nitrogens with zero attached hydrogens (tertiary/aromatic N) is 3. The highest BCUT2D eigenvalue weighted by atomic mass is 35.5. The molecule has 13 nitrogen and oxygen atoms in total. The van der Waals surface area contributed by atoms with Crippen LogP contribution in [0.25, 0.3) is 0 Å². The number of carboxylic acids is 1. The van der Waals surface area contributed by atoms with Gasteiger partial charge in [0.2, 0.25) is 17.7 Å². The van der Waals surface area contributed by atoms with E-state index in [1.54, 1.807) is 12.1 Å². The number of nitrogens with one attached hydrogen (secondary N) is 4. The number of benzene rings is 2. The second-order valence-electron chi connectivity index (χ2n) is 14.5. The van der Waals surface area contributed by atoms with Gasteiger partial charge in [-0.25, -0.2) is 4.79 Å². The van der Waals surface area contributed by atoms with Crippen molar-refractivity contribution in [3.8, 4) is 6.01 Å². The number of halogens is 4. The van der Waals surface area contributed by atoms with E-state index in [1.165, 1.54) is 24.3 Å². The third-order valence-corrected chi connectivity index (χ3v) is 10.7. The number of hydrogen-bond donors (Lipinski definition) is 5. The third-order valence-electron chi connectivity index (χ3n) is 10.4. The third kappa shape index (κ3) is 9.72. The van der Waals surface area contributed by atoms with E-state index in [-0.39, 0.29) is 47.7 Å². The molecule has 5 rings (SSSR count). The Hall–Kier alpha value is -4.99. The molecule has 2 fully saturated rings. The fourth-order valence-electron chi connectivity index (χ4n) is 6.48. The zero-order valence-corrected chi connectivity index (χ0v) is 30.3. The highest BCUT2D eigenvalue weighted by Crippen LogP contribution is 2.70. The lowest BCUT2D eigenvalue weighted by atomic mass is 10.0. The van der Waals surface area contributed by atoms with Crippen molar-refractivity contribution in [1.29, 1.82) is 0 Å². The summed E-state index contributed by atoms with van der Waals surface area (Å²) in [7, 11) is 0. The first-order valence-electron chi connectivity index (χ1n) is 17.0. The van der Waals surface area contributed by atoms with Crippen LogP contribution >= 0.6 is 11.6 Å². The lowest BCUT2D eigenvalue weighted by Crippen LogP contribution is -2.43. The Kier molecular flexibility index (Phi) is 11.2. The van der Waals surface area contributed by atoms with Crippen molar-refractivity contribution in [1.82, 2.24) is 25.6 Å². The smallest absolute Gasteiger partial charge is 0.422 e. The van der Waals surface area contributed by atoms with E-state index in [4.69, 9.17) is 16.3 Å². The molecule has 1 atom stereocenters. The Morgan fingerprint density at radius 1 is 0.943 bits per heavy atom. The summed E-state index contributed by atoms with van der Waals surface area (Å²) < 4.78 is 43.6. The van der Waals surface area contributed by atoms with E-state index in [1.807, 2.05) is 12.1 Å². The molecule has 2 amide bonds. The van der Waals surface area contributed by atoms with E-state index < -0.39 is 53.9 Å². The molecule has 0 unspecified atom stereocenters. The van der Waals surface area contributed by atoms with Crippen molar-refractivity contribution in [2.75, 3.05) is 23.8 Å². The molecule has 2 aliphatic carbocycles. The van der Waals surface area contributed by atoms with Crippen LogP contribution in [0.4, 0.5) is 30.8 Å². The minimum atomic E-state index is -4.64. The van der Waals surface area contributed by atoms with Crippen LogP contribution in [0.15, 0.2) is 48.5 Å². The van der Waals surface area contributed by atoms with Crippen LogP contribution in [0.5, 0.6) is 6.01 Å². The second-order valence-corrected chi connectivity index (χ2v) is 14.9. The van der Waals surface area contributed by atoms with Gasteiger partial charge in [-0.1, -0.05) is 51.4 Å². The number of hydrogen-bond acceptors (Lipinski definition) is 10. The van der Waals surface area contributed by atoms with Crippen molar-refractivity contribution >= 4 is 52.8 Å². The number of rotatable bonds is 17. The summed E-state index contributed by atoms with van der Waals surface area (Å²) in [5.41, 5.74) is 0.948. The maximum atomic E-state index is 12.9. The zero-order chi connectivity index (χ0) is 38.8. The molecule has 3 aromatic rings. The Balaban J connectivity index is 1.17. The van der Waals surface area contributed by atoms with Gasteiger partial charge in [0.1, 0.15) is 6.04 Å². The Morgan fingerprint density at radius 2 is 1.57 bits per heavy atom. The topological polar surface area (TPSA) is 185 Å². The molecule has 0 saturated heterocycles. The first-order valence-corrected chi connectivity index (χ1v) is 17.4. The highest BCUT2D eigenvalue weighted by molar-refractivity contribution is 6.36. The molecule has 2 aromatic carbocycles. The summed E-state index contributed by atoms with van der Waals surface area (Å²) in [6.45, 7) is 6.75. The number of carbonyl (C=O) groups excluding carboxylic acids is 3. The van der Waals surface area contributed by atoms with E-state index in [0.717, 1.165) is 5.56 Å². The normalized spacial score (nSPS) is 17.2. The molecule has 0 spiro atoms.